The fourth-order valence-corrected chi connectivity index (χ4v) is 5.13. The lowest BCUT2D eigenvalue weighted by molar-refractivity contribution is 0.401. The first-order valence-electron chi connectivity index (χ1n) is 7.69. The van der Waals surface area contributed by atoms with Crippen LogP contribution >= 0.6 is 11.3 Å². The quantitative estimate of drug-likeness (QED) is 0.655. The number of rotatable bonds is 2. The Morgan fingerprint density at radius 1 is 1.04 bits per heavy atom. The first-order valence-corrected chi connectivity index (χ1v) is 9.99. The predicted octanol–water partition coefficient (Wildman–Crippen LogP) is 4.15. The zero-order valence-corrected chi connectivity index (χ0v) is 16.0. The molecule has 7 heteroatoms. The number of benzene rings is 2. The lowest BCUT2D eigenvalue weighted by Crippen LogP contribution is -2.09. The molecule has 0 aliphatic rings. The minimum Gasteiger partial charge on any atom is -0.504 e. The fourth-order valence-electron chi connectivity index (χ4n) is 2.47. The van der Waals surface area contributed by atoms with Gasteiger partial charge < -0.3 is 10.2 Å². The summed E-state index contributed by atoms with van der Waals surface area (Å²) < 4.78 is 26.7. The number of sulfone groups is 1. The van der Waals surface area contributed by atoms with Crippen LogP contribution in [0, 0.1) is 6.92 Å². The van der Waals surface area contributed by atoms with Gasteiger partial charge in [-0.2, -0.15) is 0 Å². The number of aromatic nitrogens is 1. The van der Waals surface area contributed by atoms with Gasteiger partial charge in [0.2, 0.25) is 9.84 Å². The zero-order valence-electron chi connectivity index (χ0n) is 14.4. The minimum absolute atomic E-state index is 0.0253. The van der Waals surface area contributed by atoms with Crippen LogP contribution in [-0.2, 0) is 15.3 Å². The Labute approximate surface area is 150 Å². The molecule has 0 fully saturated rings. The molecule has 132 valence electrons. The highest BCUT2D eigenvalue weighted by molar-refractivity contribution is 7.91. The molecule has 0 aliphatic carbocycles. The summed E-state index contributed by atoms with van der Waals surface area (Å²) in [4.78, 5) is 4.68. The second-order valence-electron chi connectivity index (χ2n) is 7.01. The first kappa shape index (κ1) is 17.7. The van der Waals surface area contributed by atoms with E-state index >= 15 is 0 Å². The average Bonchev–Trinajstić information content (AvgIpc) is 2.94. The first-order chi connectivity index (χ1) is 11.5. The Balaban J connectivity index is 2.16. The Morgan fingerprint density at radius 3 is 2.32 bits per heavy atom. The summed E-state index contributed by atoms with van der Waals surface area (Å²) >= 11 is 1.47. The largest absolute Gasteiger partial charge is 0.504 e. The summed E-state index contributed by atoms with van der Waals surface area (Å²) in [5, 5.41) is 20.1. The Bertz CT molecular complexity index is 1080. The SMILES string of the molecule is Cc1cc(O)c(O)cc1S(=O)(=O)c1ccc2nc(C(C)(C)C)sc2c1. The van der Waals surface area contributed by atoms with Gasteiger partial charge in [-0.1, -0.05) is 20.8 Å². The number of aryl methyl sites for hydroxylation is 1. The molecule has 0 radical (unpaired) electrons. The van der Waals surface area contributed by atoms with Gasteiger partial charge in [-0.3, -0.25) is 0 Å². The van der Waals surface area contributed by atoms with Crippen LogP contribution in [0.25, 0.3) is 10.2 Å². The predicted molar refractivity (Wildman–Crippen MR) is 98.3 cm³/mol. The van der Waals surface area contributed by atoms with Crippen LogP contribution in [0.2, 0.25) is 0 Å². The van der Waals surface area contributed by atoms with Crippen molar-refractivity contribution in [2.45, 2.75) is 42.9 Å². The third kappa shape index (κ3) is 3.09. The molecule has 0 saturated heterocycles. The van der Waals surface area contributed by atoms with Gasteiger partial charge >= 0.3 is 0 Å². The molecule has 0 atom stereocenters. The molecule has 3 rings (SSSR count). The second kappa shape index (κ2) is 5.71. The number of hydrogen-bond acceptors (Lipinski definition) is 6. The van der Waals surface area contributed by atoms with Gasteiger partial charge in [0.25, 0.3) is 0 Å². The van der Waals surface area contributed by atoms with Gasteiger partial charge in [0.1, 0.15) is 0 Å². The highest BCUT2D eigenvalue weighted by atomic mass is 32.2. The van der Waals surface area contributed by atoms with E-state index in [2.05, 4.69) is 25.8 Å². The van der Waals surface area contributed by atoms with Crippen LogP contribution in [0.3, 0.4) is 0 Å². The third-order valence-electron chi connectivity index (χ3n) is 3.87. The van der Waals surface area contributed by atoms with Crippen LogP contribution in [0.15, 0.2) is 40.1 Å². The van der Waals surface area contributed by atoms with Crippen molar-refractivity contribution in [1.29, 1.82) is 0 Å². The number of hydrogen-bond donors (Lipinski definition) is 2. The van der Waals surface area contributed by atoms with E-state index < -0.39 is 15.6 Å². The van der Waals surface area contributed by atoms with E-state index in [4.69, 9.17) is 0 Å². The summed E-state index contributed by atoms with van der Waals surface area (Å²) in [7, 11) is -3.82. The van der Waals surface area contributed by atoms with Gasteiger partial charge in [0, 0.05) is 11.5 Å². The van der Waals surface area contributed by atoms with E-state index in [9.17, 15) is 18.6 Å². The summed E-state index contributed by atoms with van der Waals surface area (Å²) in [5.74, 6) is -0.803. The minimum atomic E-state index is -3.82. The lowest BCUT2D eigenvalue weighted by Gasteiger charge is -2.13. The lowest BCUT2D eigenvalue weighted by atomic mass is 9.98. The van der Waals surface area contributed by atoms with Crippen molar-refractivity contribution in [2.75, 3.05) is 0 Å². The smallest absolute Gasteiger partial charge is 0.207 e. The zero-order chi connectivity index (χ0) is 18.6. The van der Waals surface area contributed by atoms with E-state index in [1.807, 2.05) is 0 Å². The van der Waals surface area contributed by atoms with Crippen LogP contribution in [-0.4, -0.2) is 23.6 Å². The van der Waals surface area contributed by atoms with Crippen molar-refractivity contribution in [3.8, 4) is 11.5 Å². The molecule has 0 unspecified atom stereocenters. The number of thiazole rings is 1. The van der Waals surface area contributed by atoms with E-state index in [-0.39, 0.29) is 21.0 Å². The summed E-state index contributed by atoms with van der Waals surface area (Å²) in [6, 6.07) is 7.15. The third-order valence-corrected chi connectivity index (χ3v) is 7.21. The summed E-state index contributed by atoms with van der Waals surface area (Å²) in [5.41, 5.74) is 1.02. The Hall–Kier alpha value is -2.12. The molecule has 0 bridgehead atoms. The second-order valence-corrected chi connectivity index (χ2v) is 9.96. The van der Waals surface area contributed by atoms with Gasteiger partial charge in [0.05, 0.1) is 25.0 Å². The molecular weight excluding hydrogens is 358 g/mol. The van der Waals surface area contributed by atoms with Crippen molar-refractivity contribution < 1.29 is 18.6 Å². The van der Waals surface area contributed by atoms with Crippen LogP contribution in [0.1, 0.15) is 31.3 Å². The molecule has 5 nitrogen and oxygen atoms in total. The van der Waals surface area contributed by atoms with Crippen LogP contribution < -0.4 is 0 Å². The molecule has 0 spiro atoms. The van der Waals surface area contributed by atoms with Crippen LogP contribution in [0.4, 0.5) is 0 Å². The number of phenols is 2. The van der Waals surface area contributed by atoms with Crippen molar-refractivity contribution in [3.63, 3.8) is 0 Å². The highest BCUT2D eigenvalue weighted by Gasteiger charge is 2.24. The van der Waals surface area contributed by atoms with E-state index in [1.165, 1.54) is 23.5 Å². The molecule has 2 aromatic carbocycles. The highest BCUT2D eigenvalue weighted by Crippen LogP contribution is 2.36. The maximum atomic E-state index is 13.0. The van der Waals surface area contributed by atoms with Gasteiger partial charge in [-0.25, -0.2) is 13.4 Å². The number of phenolic OH excluding ortho intramolecular Hbond substituents is 2. The molecule has 2 N–H and O–H groups in total. The molecule has 25 heavy (non-hydrogen) atoms. The van der Waals surface area contributed by atoms with E-state index in [0.29, 0.717) is 5.56 Å². The van der Waals surface area contributed by atoms with Crippen molar-refractivity contribution in [2.24, 2.45) is 0 Å². The van der Waals surface area contributed by atoms with Gasteiger partial charge in [-0.05, 0) is 36.8 Å². The molecule has 0 aliphatic heterocycles. The normalized spacial score (nSPS) is 12.6. The molecule has 0 saturated carbocycles. The molecule has 1 heterocycles. The molecule has 0 amide bonds. The topological polar surface area (TPSA) is 87.5 Å². The number of aromatic hydroxyl groups is 2. The maximum absolute atomic E-state index is 13.0. The standard InChI is InChI=1S/C18H19NO4S2/c1-10-7-13(20)14(21)9-16(10)25(22,23)11-5-6-12-15(8-11)24-17(19-12)18(2,3)4/h5-9,20-21H,1-4H3. The Kier molecular flexibility index (Phi) is 4.04. The van der Waals surface area contributed by atoms with Crippen LogP contribution in [0.5, 0.6) is 11.5 Å². The van der Waals surface area contributed by atoms with E-state index in [0.717, 1.165) is 21.3 Å². The Morgan fingerprint density at radius 2 is 1.68 bits per heavy atom. The molecule has 3 aromatic rings. The average molecular weight is 377 g/mol. The molecule has 1 aromatic heterocycles. The van der Waals surface area contributed by atoms with E-state index in [1.54, 1.807) is 19.1 Å². The maximum Gasteiger partial charge on any atom is 0.207 e. The fraction of sp³-hybridized carbons (Fsp3) is 0.278. The summed E-state index contributed by atoms with van der Waals surface area (Å²) in [6.45, 7) is 7.76. The van der Waals surface area contributed by atoms with Gasteiger partial charge in [-0.15, -0.1) is 11.3 Å². The number of nitrogens with zero attached hydrogens (tertiary/aromatic N) is 1. The van der Waals surface area contributed by atoms with Crippen molar-refractivity contribution >= 4 is 31.4 Å². The van der Waals surface area contributed by atoms with Gasteiger partial charge in [0.15, 0.2) is 11.5 Å². The van der Waals surface area contributed by atoms with Crippen molar-refractivity contribution in [3.05, 3.63) is 40.9 Å². The summed E-state index contributed by atoms with van der Waals surface area (Å²) in [6.07, 6.45) is 0. The monoisotopic (exact) mass is 377 g/mol. The number of fused-ring (bicyclic) bond motifs is 1. The molecular formula is C18H19NO4S2. The van der Waals surface area contributed by atoms with Crippen molar-refractivity contribution in [1.82, 2.24) is 4.98 Å².